The Kier molecular flexibility index (Phi) is 6.45. The number of carbonyl (C=O) groups excluding carboxylic acids is 1. The van der Waals surface area contributed by atoms with E-state index in [9.17, 15) is 4.79 Å². The first kappa shape index (κ1) is 15.6. The van der Waals surface area contributed by atoms with Gasteiger partial charge in [-0.25, -0.2) is 0 Å². The van der Waals surface area contributed by atoms with Gasteiger partial charge in [0, 0.05) is 25.4 Å². The minimum absolute atomic E-state index is 0.0917. The SMILES string of the molecule is COCCNC(=O)C(C)Nc1ccc(Cl)c(OC)c1. The van der Waals surface area contributed by atoms with Crippen LogP contribution in [0.25, 0.3) is 0 Å². The molecule has 2 N–H and O–H groups in total. The molecule has 0 aromatic heterocycles. The molecular weight excluding hydrogens is 268 g/mol. The van der Waals surface area contributed by atoms with Crippen LogP contribution in [-0.4, -0.2) is 39.3 Å². The number of methoxy groups -OCH3 is 2. The van der Waals surface area contributed by atoms with Crippen LogP contribution < -0.4 is 15.4 Å². The Bertz CT molecular complexity index is 426. The molecule has 0 radical (unpaired) electrons. The van der Waals surface area contributed by atoms with Gasteiger partial charge in [0.05, 0.1) is 18.7 Å². The van der Waals surface area contributed by atoms with Crippen LogP contribution in [0.2, 0.25) is 5.02 Å². The van der Waals surface area contributed by atoms with Crippen molar-refractivity contribution in [2.45, 2.75) is 13.0 Å². The predicted octanol–water partition coefficient (Wildman–Crippen LogP) is 1.91. The van der Waals surface area contributed by atoms with Gasteiger partial charge in [-0.2, -0.15) is 0 Å². The first-order valence-electron chi connectivity index (χ1n) is 5.95. The zero-order chi connectivity index (χ0) is 14.3. The summed E-state index contributed by atoms with van der Waals surface area (Å²) in [5, 5.41) is 6.37. The molecule has 1 rings (SSSR count). The Morgan fingerprint density at radius 1 is 1.42 bits per heavy atom. The molecule has 19 heavy (non-hydrogen) atoms. The summed E-state index contributed by atoms with van der Waals surface area (Å²) in [4.78, 5) is 11.8. The topological polar surface area (TPSA) is 59.6 Å². The smallest absolute Gasteiger partial charge is 0.242 e. The number of halogens is 1. The molecule has 0 fully saturated rings. The van der Waals surface area contributed by atoms with Gasteiger partial charge >= 0.3 is 0 Å². The van der Waals surface area contributed by atoms with Gasteiger partial charge in [0.1, 0.15) is 11.8 Å². The number of anilines is 1. The fourth-order valence-electron chi connectivity index (χ4n) is 1.49. The third-order valence-corrected chi connectivity index (χ3v) is 2.85. The van der Waals surface area contributed by atoms with Gasteiger partial charge in [0.15, 0.2) is 0 Å². The highest BCUT2D eigenvalue weighted by Gasteiger charge is 2.12. The Morgan fingerprint density at radius 2 is 2.16 bits per heavy atom. The zero-order valence-electron chi connectivity index (χ0n) is 11.3. The second-order valence-electron chi connectivity index (χ2n) is 4.00. The summed E-state index contributed by atoms with van der Waals surface area (Å²) in [5.74, 6) is 0.477. The fourth-order valence-corrected chi connectivity index (χ4v) is 1.69. The molecule has 1 aromatic carbocycles. The molecule has 0 saturated carbocycles. The van der Waals surface area contributed by atoms with Crippen molar-refractivity contribution in [2.24, 2.45) is 0 Å². The standard InChI is InChI=1S/C13H19ClN2O3/c1-9(13(17)15-6-7-18-2)16-10-4-5-11(14)12(8-10)19-3/h4-5,8-9,16H,6-7H2,1-3H3,(H,15,17). The lowest BCUT2D eigenvalue weighted by Crippen LogP contribution is -2.39. The third-order valence-electron chi connectivity index (χ3n) is 2.53. The Morgan fingerprint density at radius 3 is 2.79 bits per heavy atom. The largest absolute Gasteiger partial charge is 0.495 e. The van der Waals surface area contributed by atoms with Gasteiger partial charge < -0.3 is 20.1 Å². The monoisotopic (exact) mass is 286 g/mol. The van der Waals surface area contributed by atoms with E-state index in [1.54, 1.807) is 39.3 Å². The van der Waals surface area contributed by atoms with Gasteiger partial charge in [0.25, 0.3) is 0 Å². The van der Waals surface area contributed by atoms with E-state index in [0.717, 1.165) is 5.69 Å². The van der Waals surface area contributed by atoms with E-state index in [4.69, 9.17) is 21.1 Å². The van der Waals surface area contributed by atoms with E-state index in [1.165, 1.54) is 0 Å². The van der Waals surface area contributed by atoms with Crippen LogP contribution in [-0.2, 0) is 9.53 Å². The van der Waals surface area contributed by atoms with Gasteiger partial charge in [-0.05, 0) is 19.1 Å². The van der Waals surface area contributed by atoms with E-state index in [-0.39, 0.29) is 11.9 Å². The lowest BCUT2D eigenvalue weighted by Gasteiger charge is -2.16. The number of carbonyl (C=O) groups is 1. The van der Waals surface area contributed by atoms with Crippen LogP contribution in [0, 0.1) is 0 Å². The molecule has 106 valence electrons. The Balaban J connectivity index is 2.56. The molecule has 1 unspecified atom stereocenters. The summed E-state index contributed by atoms with van der Waals surface area (Å²) in [6.45, 7) is 2.77. The molecule has 0 bridgehead atoms. The third kappa shape index (κ3) is 4.96. The summed E-state index contributed by atoms with van der Waals surface area (Å²) < 4.78 is 9.99. The van der Waals surface area contributed by atoms with Gasteiger partial charge in [-0.15, -0.1) is 0 Å². The average molecular weight is 287 g/mol. The highest BCUT2D eigenvalue weighted by Crippen LogP contribution is 2.27. The number of benzene rings is 1. The Hall–Kier alpha value is -1.46. The predicted molar refractivity (Wildman–Crippen MR) is 76.0 cm³/mol. The lowest BCUT2D eigenvalue weighted by molar-refractivity contribution is -0.121. The second kappa shape index (κ2) is 7.86. The van der Waals surface area contributed by atoms with E-state index in [1.807, 2.05) is 0 Å². The molecule has 1 aromatic rings. The molecule has 0 aliphatic rings. The van der Waals surface area contributed by atoms with E-state index < -0.39 is 0 Å². The molecule has 0 aliphatic heterocycles. The first-order chi connectivity index (χ1) is 9.08. The molecule has 1 atom stereocenters. The van der Waals surface area contributed by atoms with Crippen LogP contribution in [0.4, 0.5) is 5.69 Å². The maximum absolute atomic E-state index is 11.8. The zero-order valence-corrected chi connectivity index (χ0v) is 12.1. The van der Waals surface area contributed by atoms with Crippen LogP contribution in [0.3, 0.4) is 0 Å². The summed E-state index contributed by atoms with van der Waals surface area (Å²) in [6, 6.07) is 4.91. The van der Waals surface area contributed by atoms with Crippen molar-refractivity contribution < 1.29 is 14.3 Å². The normalized spacial score (nSPS) is 11.8. The Labute approximate surface area is 118 Å². The quantitative estimate of drug-likeness (QED) is 0.752. The number of hydrogen-bond acceptors (Lipinski definition) is 4. The molecule has 5 nitrogen and oxygen atoms in total. The van der Waals surface area contributed by atoms with E-state index >= 15 is 0 Å². The van der Waals surface area contributed by atoms with Crippen LogP contribution in [0.5, 0.6) is 5.75 Å². The maximum atomic E-state index is 11.8. The molecule has 6 heteroatoms. The van der Waals surface area contributed by atoms with Crippen LogP contribution in [0.15, 0.2) is 18.2 Å². The molecule has 0 heterocycles. The number of nitrogens with one attached hydrogen (secondary N) is 2. The van der Waals surface area contributed by atoms with Gasteiger partial charge in [-0.1, -0.05) is 11.6 Å². The van der Waals surface area contributed by atoms with Crippen molar-refractivity contribution in [3.8, 4) is 5.75 Å². The number of ether oxygens (including phenoxy) is 2. The van der Waals surface area contributed by atoms with Crippen LogP contribution in [0.1, 0.15) is 6.92 Å². The summed E-state index contributed by atoms with van der Waals surface area (Å²) in [5.41, 5.74) is 0.774. The summed E-state index contributed by atoms with van der Waals surface area (Å²) in [6.07, 6.45) is 0. The van der Waals surface area contributed by atoms with Crippen molar-refractivity contribution in [2.75, 3.05) is 32.7 Å². The molecule has 1 amide bonds. The molecule has 0 spiro atoms. The lowest BCUT2D eigenvalue weighted by atomic mass is 10.2. The van der Waals surface area contributed by atoms with E-state index in [0.29, 0.717) is 23.9 Å². The molecular formula is C13H19ClN2O3. The van der Waals surface area contributed by atoms with Gasteiger partial charge in [0.2, 0.25) is 5.91 Å². The van der Waals surface area contributed by atoms with Crippen molar-refractivity contribution in [1.29, 1.82) is 0 Å². The summed E-state index contributed by atoms with van der Waals surface area (Å²) >= 11 is 5.93. The highest BCUT2D eigenvalue weighted by atomic mass is 35.5. The molecule has 0 saturated heterocycles. The maximum Gasteiger partial charge on any atom is 0.242 e. The number of hydrogen-bond donors (Lipinski definition) is 2. The number of amides is 1. The molecule has 0 aliphatic carbocycles. The highest BCUT2D eigenvalue weighted by molar-refractivity contribution is 6.32. The fraction of sp³-hybridized carbons (Fsp3) is 0.462. The minimum atomic E-state index is -0.359. The van der Waals surface area contributed by atoms with Gasteiger partial charge in [-0.3, -0.25) is 4.79 Å². The number of rotatable bonds is 7. The average Bonchev–Trinajstić information content (AvgIpc) is 2.41. The first-order valence-corrected chi connectivity index (χ1v) is 6.33. The van der Waals surface area contributed by atoms with Crippen molar-refractivity contribution in [1.82, 2.24) is 5.32 Å². The second-order valence-corrected chi connectivity index (χ2v) is 4.41. The van der Waals surface area contributed by atoms with Crippen molar-refractivity contribution >= 4 is 23.2 Å². The van der Waals surface area contributed by atoms with Crippen molar-refractivity contribution in [3.05, 3.63) is 23.2 Å². The minimum Gasteiger partial charge on any atom is -0.495 e. The van der Waals surface area contributed by atoms with E-state index in [2.05, 4.69) is 10.6 Å². The van der Waals surface area contributed by atoms with Crippen molar-refractivity contribution in [3.63, 3.8) is 0 Å². The summed E-state index contributed by atoms with van der Waals surface area (Å²) in [7, 11) is 3.14. The van der Waals surface area contributed by atoms with Crippen LogP contribution >= 0.6 is 11.6 Å².